The molecule has 0 spiro atoms. The molecule has 0 saturated heterocycles. The van der Waals surface area contributed by atoms with E-state index in [1.807, 2.05) is 18.2 Å². The van der Waals surface area contributed by atoms with E-state index < -0.39 is 0 Å². The largest absolute Gasteiger partial charge is 0.493 e. The van der Waals surface area contributed by atoms with E-state index in [9.17, 15) is 5.11 Å². The lowest BCUT2D eigenvalue weighted by atomic mass is 10.2. The van der Waals surface area contributed by atoms with Gasteiger partial charge in [0.25, 0.3) is 0 Å². The molecule has 98 valence electrons. The lowest BCUT2D eigenvalue weighted by Crippen LogP contribution is -2.24. The first-order valence-electron chi connectivity index (χ1n) is 5.80. The van der Waals surface area contributed by atoms with E-state index in [1.54, 1.807) is 14.0 Å². The van der Waals surface area contributed by atoms with Gasteiger partial charge in [-0.1, -0.05) is 18.1 Å². The van der Waals surface area contributed by atoms with Crippen LogP contribution in [0.1, 0.15) is 12.5 Å². The maximum absolute atomic E-state index is 9.20. The Morgan fingerprint density at radius 3 is 2.89 bits per heavy atom. The topological polar surface area (TPSA) is 50.7 Å². The average Bonchev–Trinajstić information content (AvgIpc) is 2.36. The second-order valence-electron chi connectivity index (χ2n) is 3.92. The van der Waals surface area contributed by atoms with E-state index in [2.05, 4.69) is 11.2 Å². The van der Waals surface area contributed by atoms with Crippen molar-refractivity contribution in [1.82, 2.24) is 5.32 Å². The third-order valence-corrected chi connectivity index (χ3v) is 2.34. The van der Waals surface area contributed by atoms with Gasteiger partial charge in [0.05, 0.1) is 13.2 Å². The maximum atomic E-state index is 9.20. The number of hydrogen-bond donors (Lipinski definition) is 2. The number of para-hydroxylation sites is 1. The Kier molecular flexibility index (Phi) is 6.06. The molecule has 1 aromatic rings. The predicted molar refractivity (Wildman–Crippen MR) is 70.7 cm³/mol. The van der Waals surface area contributed by atoms with Crippen LogP contribution in [0, 0.1) is 12.3 Å². The van der Waals surface area contributed by atoms with Gasteiger partial charge in [-0.05, 0) is 13.0 Å². The molecule has 0 aliphatic carbocycles. The Morgan fingerprint density at radius 2 is 2.28 bits per heavy atom. The highest BCUT2D eigenvalue weighted by atomic mass is 16.5. The number of aliphatic hydroxyl groups is 1. The molecule has 1 rings (SSSR count). The fourth-order valence-electron chi connectivity index (χ4n) is 1.55. The number of benzene rings is 1. The summed E-state index contributed by atoms with van der Waals surface area (Å²) in [6.45, 7) is 3.03. The van der Waals surface area contributed by atoms with Crippen molar-refractivity contribution in [3.05, 3.63) is 23.8 Å². The van der Waals surface area contributed by atoms with Crippen molar-refractivity contribution >= 4 is 0 Å². The minimum Gasteiger partial charge on any atom is -0.493 e. The highest BCUT2D eigenvalue weighted by molar-refractivity contribution is 5.46. The molecule has 1 atom stereocenters. The van der Waals surface area contributed by atoms with Crippen LogP contribution in [0.25, 0.3) is 0 Å². The number of methoxy groups -OCH3 is 1. The maximum Gasteiger partial charge on any atom is 0.167 e. The average molecular weight is 249 g/mol. The second-order valence-corrected chi connectivity index (χ2v) is 3.92. The van der Waals surface area contributed by atoms with Crippen LogP contribution < -0.4 is 14.8 Å². The van der Waals surface area contributed by atoms with Crippen molar-refractivity contribution in [2.75, 3.05) is 20.3 Å². The first kappa shape index (κ1) is 14.4. The van der Waals surface area contributed by atoms with Crippen molar-refractivity contribution in [3.63, 3.8) is 0 Å². The molecule has 0 bridgehead atoms. The summed E-state index contributed by atoms with van der Waals surface area (Å²) in [5.41, 5.74) is 0.949. The number of hydrogen-bond acceptors (Lipinski definition) is 4. The van der Waals surface area contributed by atoms with Crippen molar-refractivity contribution in [2.24, 2.45) is 0 Å². The first-order chi connectivity index (χ1) is 8.69. The lowest BCUT2D eigenvalue weighted by Gasteiger charge is -2.14. The fourth-order valence-corrected chi connectivity index (χ4v) is 1.55. The van der Waals surface area contributed by atoms with E-state index in [-0.39, 0.29) is 12.7 Å². The van der Waals surface area contributed by atoms with Crippen LogP contribution in [0.3, 0.4) is 0 Å². The molecule has 1 aromatic carbocycles. The summed E-state index contributed by atoms with van der Waals surface area (Å²) in [4.78, 5) is 0. The highest BCUT2D eigenvalue weighted by Gasteiger charge is 2.10. The summed E-state index contributed by atoms with van der Waals surface area (Å²) in [6, 6.07) is 5.65. The quantitative estimate of drug-likeness (QED) is 0.712. The molecule has 0 heterocycles. The molecule has 0 radical (unpaired) electrons. The van der Waals surface area contributed by atoms with Gasteiger partial charge in [0, 0.05) is 18.7 Å². The SMILES string of the molecule is C#CCOc1c(CNC[C@@H](C)O)cccc1OC. The van der Waals surface area contributed by atoms with Gasteiger partial charge >= 0.3 is 0 Å². The summed E-state index contributed by atoms with van der Waals surface area (Å²) in [7, 11) is 1.59. The third-order valence-electron chi connectivity index (χ3n) is 2.34. The molecule has 0 fully saturated rings. The van der Waals surface area contributed by atoms with Crippen LogP contribution >= 0.6 is 0 Å². The molecule has 0 aliphatic rings. The second kappa shape index (κ2) is 7.59. The fraction of sp³-hybridized carbons (Fsp3) is 0.429. The van der Waals surface area contributed by atoms with Crippen LogP contribution in [0.15, 0.2) is 18.2 Å². The minimum absolute atomic E-state index is 0.198. The van der Waals surface area contributed by atoms with Crippen LogP contribution in [0.5, 0.6) is 11.5 Å². The normalized spacial score (nSPS) is 11.7. The smallest absolute Gasteiger partial charge is 0.167 e. The zero-order chi connectivity index (χ0) is 13.4. The van der Waals surface area contributed by atoms with Gasteiger partial charge in [0.15, 0.2) is 11.5 Å². The van der Waals surface area contributed by atoms with Crippen LogP contribution in [-0.2, 0) is 6.54 Å². The van der Waals surface area contributed by atoms with Crippen molar-refractivity contribution in [1.29, 1.82) is 0 Å². The number of aliphatic hydroxyl groups excluding tert-OH is 1. The molecular weight excluding hydrogens is 230 g/mol. The van der Waals surface area contributed by atoms with Gasteiger partial charge in [-0.3, -0.25) is 0 Å². The summed E-state index contributed by atoms with van der Waals surface area (Å²) in [5.74, 6) is 3.73. The Hall–Kier alpha value is -1.70. The van der Waals surface area contributed by atoms with Crippen molar-refractivity contribution in [3.8, 4) is 23.8 Å². The Morgan fingerprint density at radius 1 is 1.50 bits per heavy atom. The number of ether oxygens (including phenoxy) is 2. The molecule has 18 heavy (non-hydrogen) atoms. The van der Waals surface area contributed by atoms with Gasteiger partial charge in [-0.15, -0.1) is 6.42 Å². The lowest BCUT2D eigenvalue weighted by molar-refractivity contribution is 0.190. The predicted octanol–water partition coefficient (Wildman–Crippen LogP) is 1.18. The zero-order valence-electron chi connectivity index (χ0n) is 10.8. The molecule has 4 heteroatoms. The van der Waals surface area contributed by atoms with Gasteiger partial charge < -0.3 is 19.9 Å². The molecule has 4 nitrogen and oxygen atoms in total. The molecule has 0 aromatic heterocycles. The van der Waals surface area contributed by atoms with Crippen molar-refractivity contribution in [2.45, 2.75) is 19.6 Å². The Bertz CT molecular complexity index is 410. The van der Waals surface area contributed by atoms with Gasteiger partial charge in [0.1, 0.15) is 6.61 Å². The highest BCUT2D eigenvalue weighted by Crippen LogP contribution is 2.30. The number of rotatable bonds is 7. The van der Waals surface area contributed by atoms with E-state index >= 15 is 0 Å². The summed E-state index contributed by atoms with van der Waals surface area (Å²) >= 11 is 0. The standard InChI is InChI=1S/C14H19NO3/c1-4-8-18-14-12(10-15-9-11(2)16)6-5-7-13(14)17-3/h1,5-7,11,15-16H,8-10H2,2-3H3/t11-/m1/s1. The van der Waals surface area contributed by atoms with E-state index in [1.165, 1.54) is 0 Å². The van der Waals surface area contributed by atoms with Crippen LogP contribution in [0.4, 0.5) is 0 Å². The van der Waals surface area contributed by atoms with Crippen molar-refractivity contribution < 1.29 is 14.6 Å². The molecule has 0 aliphatic heterocycles. The summed E-state index contributed by atoms with van der Waals surface area (Å²) < 4.78 is 10.7. The van der Waals surface area contributed by atoms with Gasteiger partial charge in [0.2, 0.25) is 0 Å². The molecule has 2 N–H and O–H groups in total. The summed E-state index contributed by atoms with van der Waals surface area (Å²) in [5, 5.41) is 12.3. The zero-order valence-corrected chi connectivity index (χ0v) is 10.8. The molecule has 0 saturated carbocycles. The van der Waals surface area contributed by atoms with Crippen LogP contribution in [-0.4, -0.2) is 31.5 Å². The Labute approximate surface area is 108 Å². The van der Waals surface area contributed by atoms with Gasteiger partial charge in [-0.25, -0.2) is 0 Å². The Balaban J connectivity index is 2.78. The van der Waals surface area contributed by atoms with Crippen LogP contribution in [0.2, 0.25) is 0 Å². The molecule has 0 unspecified atom stereocenters. The number of nitrogens with one attached hydrogen (secondary N) is 1. The van der Waals surface area contributed by atoms with Gasteiger partial charge in [-0.2, -0.15) is 0 Å². The van der Waals surface area contributed by atoms with E-state index in [0.717, 1.165) is 5.56 Å². The van der Waals surface area contributed by atoms with E-state index in [0.29, 0.717) is 24.6 Å². The molecule has 0 amide bonds. The third kappa shape index (κ3) is 4.28. The number of terminal acetylenes is 1. The molecular formula is C14H19NO3. The first-order valence-corrected chi connectivity index (χ1v) is 5.80. The monoisotopic (exact) mass is 249 g/mol. The van der Waals surface area contributed by atoms with E-state index in [4.69, 9.17) is 15.9 Å². The minimum atomic E-state index is -0.384. The summed E-state index contributed by atoms with van der Waals surface area (Å²) in [6.07, 6.45) is 4.81.